The number of fused-ring (bicyclic) bond motifs is 6. The Labute approximate surface area is 333 Å². The number of benzene rings is 8. The van der Waals surface area contributed by atoms with Crippen molar-refractivity contribution in [3.8, 4) is 44.9 Å². The quantitative estimate of drug-likeness (QED) is 0.163. The van der Waals surface area contributed by atoms with Crippen LogP contribution in [0.4, 0.5) is 17.1 Å². The van der Waals surface area contributed by atoms with Gasteiger partial charge in [0, 0.05) is 49.0 Å². The fraction of sp³-hybridized carbons (Fsp3) is 0. The predicted molar refractivity (Wildman–Crippen MR) is 239 cm³/mol. The Morgan fingerprint density at radius 1 is 0.421 bits per heavy atom. The van der Waals surface area contributed by atoms with E-state index in [1.54, 1.807) is 11.3 Å². The van der Waals surface area contributed by atoms with Gasteiger partial charge in [-0.15, -0.1) is 11.3 Å². The van der Waals surface area contributed by atoms with E-state index in [0.29, 0.717) is 5.82 Å². The van der Waals surface area contributed by atoms with Gasteiger partial charge in [-0.2, -0.15) is 0 Å². The minimum Gasteiger partial charge on any atom is -0.456 e. The highest BCUT2D eigenvalue weighted by atomic mass is 32.1. The fourth-order valence-corrected chi connectivity index (χ4v) is 9.13. The fourth-order valence-electron chi connectivity index (χ4n) is 7.98. The van der Waals surface area contributed by atoms with E-state index < -0.39 is 0 Å². The lowest BCUT2D eigenvalue weighted by atomic mass is 10.0. The Morgan fingerprint density at radius 3 is 1.84 bits per heavy atom. The Bertz CT molecular complexity index is 3230. The molecule has 0 amide bonds. The summed E-state index contributed by atoms with van der Waals surface area (Å²) >= 11 is 1.75. The lowest BCUT2D eigenvalue weighted by Crippen LogP contribution is -2.09. The molecule has 3 heterocycles. The third-order valence-electron chi connectivity index (χ3n) is 10.7. The van der Waals surface area contributed by atoms with E-state index in [4.69, 9.17) is 14.4 Å². The first-order valence-electron chi connectivity index (χ1n) is 19.1. The molecule has 4 nitrogen and oxygen atoms in total. The number of hydrogen-bond donors (Lipinski definition) is 0. The number of para-hydroxylation sites is 1. The van der Waals surface area contributed by atoms with E-state index >= 15 is 0 Å². The van der Waals surface area contributed by atoms with Crippen molar-refractivity contribution >= 4 is 70.6 Å². The zero-order valence-electron chi connectivity index (χ0n) is 30.7. The van der Waals surface area contributed by atoms with Gasteiger partial charge < -0.3 is 9.32 Å². The summed E-state index contributed by atoms with van der Waals surface area (Å²) in [6.07, 6.45) is 0. The van der Waals surface area contributed by atoms with Gasteiger partial charge in [-0.25, -0.2) is 9.97 Å². The molecule has 0 unspecified atom stereocenters. The number of aromatic nitrogens is 2. The number of furan rings is 1. The number of thiophene rings is 1. The molecule has 0 aliphatic rings. The summed E-state index contributed by atoms with van der Waals surface area (Å²) in [5.41, 5.74) is 13.4. The molecule has 5 heteroatoms. The smallest absolute Gasteiger partial charge is 0.161 e. The number of rotatable bonds is 7. The molecule has 11 rings (SSSR count). The molecule has 8 aromatic carbocycles. The first-order chi connectivity index (χ1) is 28.2. The van der Waals surface area contributed by atoms with E-state index in [0.717, 1.165) is 82.6 Å². The molecule has 0 saturated heterocycles. The maximum Gasteiger partial charge on any atom is 0.161 e. The van der Waals surface area contributed by atoms with Crippen LogP contribution < -0.4 is 4.90 Å². The van der Waals surface area contributed by atoms with Gasteiger partial charge in [-0.1, -0.05) is 140 Å². The highest BCUT2D eigenvalue weighted by Gasteiger charge is 2.20. The summed E-state index contributed by atoms with van der Waals surface area (Å²) < 4.78 is 8.90. The molecular formula is C52H33N3OS. The summed E-state index contributed by atoms with van der Waals surface area (Å²) in [4.78, 5) is 12.8. The zero-order valence-corrected chi connectivity index (χ0v) is 31.5. The first kappa shape index (κ1) is 33.0. The van der Waals surface area contributed by atoms with E-state index in [1.165, 1.54) is 15.8 Å². The third-order valence-corrected chi connectivity index (χ3v) is 11.9. The van der Waals surface area contributed by atoms with Crippen molar-refractivity contribution in [1.82, 2.24) is 9.97 Å². The van der Waals surface area contributed by atoms with E-state index in [9.17, 15) is 0 Å². The van der Waals surface area contributed by atoms with Crippen molar-refractivity contribution in [3.05, 3.63) is 200 Å². The van der Waals surface area contributed by atoms with E-state index in [-0.39, 0.29) is 0 Å². The van der Waals surface area contributed by atoms with Crippen LogP contribution >= 0.6 is 11.3 Å². The van der Waals surface area contributed by atoms with Gasteiger partial charge in [0.15, 0.2) is 5.82 Å². The lowest BCUT2D eigenvalue weighted by molar-refractivity contribution is 0.669. The largest absolute Gasteiger partial charge is 0.456 e. The molecule has 0 aliphatic heterocycles. The van der Waals surface area contributed by atoms with Gasteiger partial charge in [0.1, 0.15) is 11.2 Å². The molecular weight excluding hydrogens is 715 g/mol. The summed E-state index contributed by atoms with van der Waals surface area (Å²) in [6.45, 7) is 0. The molecule has 11 aromatic rings. The maximum absolute atomic E-state index is 6.60. The number of hydrogen-bond acceptors (Lipinski definition) is 5. The molecule has 3 aromatic heterocycles. The van der Waals surface area contributed by atoms with Crippen molar-refractivity contribution in [1.29, 1.82) is 0 Å². The van der Waals surface area contributed by atoms with E-state index in [1.807, 2.05) is 18.2 Å². The molecule has 0 fully saturated rings. The van der Waals surface area contributed by atoms with Crippen LogP contribution in [-0.2, 0) is 0 Å². The normalized spacial score (nSPS) is 11.5. The van der Waals surface area contributed by atoms with Crippen molar-refractivity contribution in [2.45, 2.75) is 0 Å². The van der Waals surface area contributed by atoms with Crippen molar-refractivity contribution in [2.24, 2.45) is 0 Å². The zero-order chi connectivity index (χ0) is 37.7. The van der Waals surface area contributed by atoms with Crippen LogP contribution in [0.1, 0.15) is 0 Å². The van der Waals surface area contributed by atoms with Gasteiger partial charge in [0.05, 0.1) is 15.9 Å². The third kappa shape index (κ3) is 5.84. The number of anilines is 3. The van der Waals surface area contributed by atoms with Gasteiger partial charge in [0.25, 0.3) is 0 Å². The second-order valence-electron chi connectivity index (χ2n) is 14.2. The molecule has 0 atom stereocenters. The second-order valence-corrected chi connectivity index (χ2v) is 15.2. The Morgan fingerprint density at radius 2 is 1.04 bits per heavy atom. The Hall–Kier alpha value is -7.34. The highest BCUT2D eigenvalue weighted by Crippen LogP contribution is 2.43. The van der Waals surface area contributed by atoms with Crippen LogP contribution in [0, 0.1) is 0 Å². The monoisotopic (exact) mass is 747 g/mol. The standard InChI is InChI=1S/C52H33N3OS/c1-4-14-34(15-5-1)37-18-12-21-41(32-37)55(39-19-8-3-9-20-39)40-29-26-35(27-30-40)38-28-31-42-46(33-38)56-45-24-13-23-44(48(42)45)52-53-49(36-16-6-2-7-17-36)51-50(54-52)43-22-10-11-25-47(43)57-51/h1-33H. The minimum atomic E-state index is 0.690. The summed E-state index contributed by atoms with van der Waals surface area (Å²) in [6, 6.07) is 70.2. The molecule has 0 bridgehead atoms. The Balaban J connectivity index is 0.989. The molecule has 0 aliphatic carbocycles. The maximum atomic E-state index is 6.60. The molecule has 0 saturated carbocycles. The average Bonchev–Trinajstić information content (AvgIpc) is 3.86. The van der Waals surface area contributed by atoms with Gasteiger partial charge in [-0.05, 0) is 82.9 Å². The van der Waals surface area contributed by atoms with E-state index in [2.05, 4.69) is 187 Å². The van der Waals surface area contributed by atoms with Crippen LogP contribution in [0.15, 0.2) is 205 Å². The van der Waals surface area contributed by atoms with Crippen LogP contribution in [0.2, 0.25) is 0 Å². The van der Waals surface area contributed by atoms with Crippen molar-refractivity contribution in [2.75, 3.05) is 4.90 Å². The number of nitrogens with zero attached hydrogens (tertiary/aromatic N) is 3. The van der Waals surface area contributed by atoms with Gasteiger partial charge in [0.2, 0.25) is 0 Å². The van der Waals surface area contributed by atoms with Gasteiger partial charge in [-0.3, -0.25) is 0 Å². The molecule has 57 heavy (non-hydrogen) atoms. The van der Waals surface area contributed by atoms with Crippen LogP contribution in [0.5, 0.6) is 0 Å². The van der Waals surface area contributed by atoms with Crippen LogP contribution in [0.25, 0.3) is 87.1 Å². The highest BCUT2D eigenvalue weighted by molar-refractivity contribution is 7.26. The SMILES string of the molecule is c1ccc(-c2cccc(N(c3ccccc3)c3ccc(-c4ccc5c(c4)oc4cccc(-c6nc(-c7ccccc7)c7sc8ccccc8c7n6)c45)cc3)c2)cc1. The summed E-state index contributed by atoms with van der Waals surface area (Å²) in [7, 11) is 0. The molecule has 0 N–H and O–H groups in total. The minimum absolute atomic E-state index is 0.690. The lowest BCUT2D eigenvalue weighted by Gasteiger charge is -2.26. The average molecular weight is 748 g/mol. The second kappa shape index (κ2) is 13.7. The molecule has 0 radical (unpaired) electrons. The van der Waals surface area contributed by atoms with Crippen molar-refractivity contribution < 1.29 is 4.42 Å². The summed E-state index contributed by atoms with van der Waals surface area (Å²) in [5.74, 6) is 0.690. The Kier molecular flexibility index (Phi) is 7.97. The molecule has 0 spiro atoms. The first-order valence-corrected chi connectivity index (χ1v) is 19.9. The van der Waals surface area contributed by atoms with Crippen LogP contribution in [0.3, 0.4) is 0 Å². The topological polar surface area (TPSA) is 42.2 Å². The summed E-state index contributed by atoms with van der Waals surface area (Å²) in [5, 5.41) is 3.20. The van der Waals surface area contributed by atoms with Crippen LogP contribution in [-0.4, -0.2) is 9.97 Å². The molecule has 268 valence electrons. The van der Waals surface area contributed by atoms with Crippen molar-refractivity contribution in [3.63, 3.8) is 0 Å². The predicted octanol–water partition coefficient (Wildman–Crippen LogP) is 14.9. The van der Waals surface area contributed by atoms with Gasteiger partial charge >= 0.3 is 0 Å².